The van der Waals surface area contributed by atoms with Gasteiger partial charge in [-0.2, -0.15) is 0 Å². The third kappa shape index (κ3) is 2.39. The minimum Gasteiger partial charge on any atom is -0.297 e. The Balaban J connectivity index is 2.69. The molecule has 1 aromatic carbocycles. The molecule has 0 atom stereocenters. The molecule has 0 bridgehead atoms. The Morgan fingerprint density at radius 2 is 1.75 bits per heavy atom. The van der Waals surface area contributed by atoms with Gasteiger partial charge in [0.2, 0.25) is 0 Å². The van der Waals surface area contributed by atoms with E-state index in [4.69, 9.17) is 5.14 Å². The Labute approximate surface area is 112 Å². The van der Waals surface area contributed by atoms with Crippen molar-refractivity contribution in [2.75, 3.05) is 0 Å². The maximum absolute atomic E-state index is 13.2. The molecular weight excluding hydrogens is 297 g/mol. The average molecular weight is 306 g/mol. The molecule has 0 saturated heterocycles. The van der Waals surface area contributed by atoms with Gasteiger partial charge in [-0.25, -0.2) is 26.7 Å². The maximum atomic E-state index is 13.2. The van der Waals surface area contributed by atoms with Crippen LogP contribution in [-0.4, -0.2) is 23.2 Å². The van der Waals surface area contributed by atoms with E-state index in [1.54, 1.807) is 6.92 Å². The average Bonchev–Trinajstić information content (AvgIpc) is 2.78. The lowest BCUT2D eigenvalue weighted by molar-refractivity contribution is 0.447. The second kappa shape index (κ2) is 4.87. The van der Waals surface area contributed by atoms with Crippen LogP contribution in [0.1, 0.15) is 6.92 Å². The highest BCUT2D eigenvalue weighted by Gasteiger charge is 2.22. The van der Waals surface area contributed by atoms with Crippen LogP contribution >= 0.6 is 0 Å². The number of sulfonamides is 1. The standard InChI is InChI=1S/C10H9F3N4O2S/c1-2-17-9(15-16-10(17)20(14,18)19)5-3-6(11)8(13)7(12)4-5/h3-4H,2H2,1H3,(H2,14,18,19). The van der Waals surface area contributed by atoms with Crippen molar-refractivity contribution in [1.82, 2.24) is 14.8 Å². The predicted molar refractivity (Wildman–Crippen MR) is 62.4 cm³/mol. The second-order valence-electron chi connectivity index (χ2n) is 3.85. The minimum absolute atomic E-state index is 0.0920. The van der Waals surface area contributed by atoms with Gasteiger partial charge in [0.25, 0.3) is 15.2 Å². The Hall–Kier alpha value is -1.94. The molecule has 0 amide bonds. The van der Waals surface area contributed by atoms with Crippen LogP contribution in [0.2, 0.25) is 0 Å². The molecule has 2 aromatic rings. The molecule has 0 saturated carbocycles. The normalized spacial score (nSPS) is 11.8. The summed E-state index contributed by atoms with van der Waals surface area (Å²) in [6.45, 7) is 1.66. The first-order valence-corrected chi connectivity index (χ1v) is 6.91. The summed E-state index contributed by atoms with van der Waals surface area (Å²) in [4.78, 5) is 0. The molecule has 0 unspecified atom stereocenters. The van der Waals surface area contributed by atoms with Gasteiger partial charge >= 0.3 is 0 Å². The first-order chi connectivity index (χ1) is 9.25. The molecule has 10 heteroatoms. The maximum Gasteiger partial charge on any atom is 0.273 e. The number of hydrogen-bond acceptors (Lipinski definition) is 4. The number of rotatable bonds is 3. The molecule has 0 fully saturated rings. The summed E-state index contributed by atoms with van der Waals surface area (Å²) in [7, 11) is -4.13. The zero-order chi connectivity index (χ0) is 15.1. The fourth-order valence-electron chi connectivity index (χ4n) is 1.68. The largest absolute Gasteiger partial charge is 0.297 e. The van der Waals surface area contributed by atoms with Gasteiger partial charge in [-0.15, -0.1) is 10.2 Å². The van der Waals surface area contributed by atoms with Gasteiger partial charge in [0.05, 0.1) is 0 Å². The minimum atomic E-state index is -4.13. The highest BCUT2D eigenvalue weighted by atomic mass is 32.2. The highest BCUT2D eigenvalue weighted by molar-refractivity contribution is 7.89. The zero-order valence-corrected chi connectivity index (χ0v) is 11.0. The van der Waals surface area contributed by atoms with Crippen LogP contribution < -0.4 is 5.14 Å². The summed E-state index contributed by atoms with van der Waals surface area (Å²) in [6, 6.07) is 1.39. The molecule has 0 aliphatic heterocycles. The van der Waals surface area contributed by atoms with E-state index in [0.29, 0.717) is 12.1 Å². The van der Waals surface area contributed by atoms with E-state index >= 15 is 0 Å². The van der Waals surface area contributed by atoms with Gasteiger partial charge < -0.3 is 0 Å². The van der Waals surface area contributed by atoms with E-state index in [1.165, 1.54) is 0 Å². The van der Waals surface area contributed by atoms with Crippen molar-refractivity contribution in [2.24, 2.45) is 5.14 Å². The number of benzene rings is 1. The van der Waals surface area contributed by atoms with Gasteiger partial charge in [-0.1, -0.05) is 0 Å². The molecule has 1 aromatic heterocycles. The van der Waals surface area contributed by atoms with Gasteiger partial charge in [0.1, 0.15) is 0 Å². The molecular formula is C10H9F3N4O2S. The third-order valence-electron chi connectivity index (χ3n) is 2.53. The lowest BCUT2D eigenvalue weighted by Gasteiger charge is -2.06. The lowest BCUT2D eigenvalue weighted by Crippen LogP contribution is -2.18. The van der Waals surface area contributed by atoms with Crippen molar-refractivity contribution in [3.05, 3.63) is 29.6 Å². The number of halogens is 3. The molecule has 1 heterocycles. The van der Waals surface area contributed by atoms with E-state index in [0.717, 1.165) is 4.57 Å². The van der Waals surface area contributed by atoms with Crippen LogP contribution in [0.15, 0.2) is 17.3 Å². The fourth-order valence-corrected chi connectivity index (χ4v) is 2.36. The number of aromatic nitrogens is 3. The molecule has 2 rings (SSSR count). The first kappa shape index (κ1) is 14.5. The Morgan fingerprint density at radius 1 is 1.20 bits per heavy atom. The first-order valence-electron chi connectivity index (χ1n) is 5.36. The molecule has 0 aliphatic carbocycles. The number of hydrogen-bond donors (Lipinski definition) is 1. The zero-order valence-electron chi connectivity index (χ0n) is 10.1. The van der Waals surface area contributed by atoms with E-state index in [9.17, 15) is 21.6 Å². The van der Waals surface area contributed by atoms with Crippen molar-refractivity contribution >= 4 is 10.0 Å². The quantitative estimate of drug-likeness (QED) is 0.857. The topological polar surface area (TPSA) is 90.9 Å². The van der Waals surface area contributed by atoms with Crippen molar-refractivity contribution in [2.45, 2.75) is 18.6 Å². The lowest BCUT2D eigenvalue weighted by atomic mass is 10.2. The summed E-state index contributed by atoms with van der Waals surface area (Å²) in [5, 5.41) is 11.3. The van der Waals surface area contributed by atoms with E-state index in [2.05, 4.69) is 10.2 Å². The van der Waals surface area contributed by atoms with E-state index in [-0.39, 0.29) is 17.9 Å². The molecule has 20 heavy (non-hydrogen) atoms. The smallest absolute Gasteiger partial charge is 0.273 e. The SMILES string of the molecule is CCn1c(-c2cc(F)c(F)c(F)c2)nnc1S(N)(=O)=O. The van der Waals surface area contributed by atoms with Crippen LogP contribution in [0.5, 0.6) is 0 Å². The molecule has 0 radical (unpaired) electrons. The monoisotopic (exact) mass is 306 g/mol. The van der Waals surface area contributed by atoms with Crippen molar-refractivity contribution < 1.29 is 21.6 Å². The Bertz CT molecular complexity index is 750. The van der Waals surface area contributed by atoms with Gasteiger partial charge in [-0.05, 0) is 19.1 Å². The molecule has 0 aliphatic rings. The van der Waals surface area contributed by atoms with E-state index in [1.807, 2.05) is 0 Å². The van der Waals surface area contributed by atoms with Crippen molar-refractivity contribution in [1.29, 1.82) is 0 Å². The molecule has 0 spiro atoms. The fraction of sp³-hybridized carbons (Fsp3) is 0.200. The van der Waals surface area contributed by atoms with Crippen LogP contribution in [-0.2, 0) is 16.6 Å². The van der Waals surface area contributed by atoms with Gasteiger partial charge in [0.15, 0.2) is 23.3 Å². The number of nitrogens with zero attached hydrogens (tertiary/aromatic N) is 3. The summed E-state index contributed by atoms with van der Waals surface area (Å²) in [6.07, 6.45) is 0. The molecule has 6 nitrogen and oxygen atoms in total. The third-order valence-corrected chi connectivity index (χ3v) is 3.34. The van der Waals surface area contributed by atoms with E-state index < -0.39 is 32.6 Å². The van der Waals surface area contributed by atoms with Crippen LogP contribution in [0.4, 0.5) is 13.2 Å². The predicted octanol–water partition coefficient (Wildman–Crippen LogP) is 1.03. The summed E-state index contributed by atoms with van der Waals surface area (Å²) in [5.41, 5.74) is -0.148. The number of nitrogens with two attached hydrogens (primary N) is 1. The van der Waals surface area contributed by atoms with Gasteiger partial charge in [0, 0.05) is 12.1 Å². The number of primary sulfonamides is 1. The summed E-state index contributed by atoms with van der Waals surface area (Å²) >= 11 is 0. The van der Waals surface area contributed by atoms with Crippen molar-refractivity contribution in [3.63, 3.8) is 0 Å². The molecule has 2 N–H and O–H groups in total. The summed E-state index contributed by atoms with van der Waals surface area (Å²) < 4.78 is 62.9. The second-order valence-corrected chi connectivity index (χ2v) is 5.30. The van der Waals surface area contributed by atoms with Crippen LogP contribution in [0.3, 0.4) is 0 Å². The Morgan fingerprint density at radius 3 is 2.20 bits per heavy atom. The summed E-state index contributed by atoms with van der Waals surface area (Å²) in [5.74, 6) is -4.58. The highest BCUT2D eigenvalue weighted by Crippen LogP contribution is 2.24. The van der Waals surface area contributed by atoms with Gasteiger partial charge in [-0.3, -0.25) is 4.57 Å². The molecule has 108 valence electrons. The van der Waals surface area contributed by atoms with Crippen molar-refractivity contribution in [3.8, 4) is 11.4 Å². The Kier molecular flexibility index (Phi) is 3.52. The van der Waals surface area contributed by atoms with Crippen LogP contribution in [0, 0.1) is 17.5 Å². The van der Waals surface area contributed by atoms with Crippen LogP contribution in [0.25, 0.3) is 11.4 Å².